The lowest BCUT2D eigenvalue weighted by molar-refractivity contribution is 0.195. The van der Waals surface area contributed by atoms with Gasteiger partial charge in [-0.25, -0.2) is 4.79 Å². The predicted octanol–water partition coefficient (Wildman–Crippen LogP) is 3.46. The molecule has 2 amide bonds. The Hall–Kier alpha value is -1.27. The summed E-state index contributed by atoms with van der Waals surface area (Å²) in [6, 6.07) is 5.98. The minimum atomic E-state index is -0.183. The molecule has 0 spiro atoms. The second-order valence-electron chi connectivity index (χ2n) is 6.27. The summed E-state index contributed by atoms with van der Waals surface area (Å²) in [5.74, 6) is 0.822. The zero-order chi connectivity index (χ0) is 17.3. The maximum atomic E-state index is 11.4. The van der Waals surface area contributed by atoms with E-state index in [1.807, 2.05) is 6.07 Å². The molecule has 0 unspecified atom stereocenters. The van der Waals surface area contributed by atoms with Crippen LogP contribution in [0.2, 0.25) is 0 Å². The lowest BCUT2D eigenvalue weighted by atomic mass is 9.87. The number of hydrogen-bond acceptors (Lipinski definition) is 3. The third kappa shape index (κ3) is 7.70. The molecule has 0 radical (unpaired) electrons. The Labute approximate surface area is 147 Å². The molecule has 0 aliphatic carbocycles. The number of halogens is 1. The van der Waals surface area contributed by atoms with E-state index in [1.54, 1.807) is 7.11 Å². The largest absolute Gasteiger partial charge is 0.492 e. The van der Waals surface area contributed by atoms with E-state index in [2.05, 4.69) is 59.5 Å². The van der Waals surface area contributed by atoms with E-state index in [0.29, 0.717) is 26.3 Å². The molecule has 1 aromatic rings. The molecule has 130 valence electrons. The molecule has 0 bridgehead atoms. The maximum absolute atomic E-state index is 11.4. The zero-order valence-electron chi connectivity index (χ0n) is 14.4. The van der Waals surface area contributed by atoms with Crippen molar-refractivity contribution >= 4 is 22.0 Å². The smallest absolute Gasteiger partial charge is 0.314 e. The Morgan fingerprint density at radius 3 is 2.48 bits per heavy atom. The number of nitrogens with one attached hydrogen (secondary N) is 2. The van der Waals surface area contributed by atoms with E-state index < -0.39 is 0 Å². The highest BCUT2D eigenvalue weighted by atomic mass is 79.9. The quantitative estimate of drug-likeness (QED) is 0.672. The summed E-state index contributed by atoms with van der Waals surface area (Å²) >= 11 is 3.55. The van der Waals surface area contributed by atoms with Crippen molar-refractivity contribution in [2.24, 2.45) is 0 Å². The number of carbonyl (C=O) groups excluding carboxylic acids is 1. The molecule has 6 heteroatoms. The Morgan fingerprint density at radius 2 is 1.87 bits per heavy atom. The number of carbonyl (C=O) groups is 1. The van der Waals surface area contributed by atoms with Crippen LogP contribution in [0.15, 0.2) is 22.7 Å². The Balaban J connectivity index is 2.27. The van der Waals surface area contributed by atoms with Crippen LogP contribution in [0.25, 0.3) is 0 Å². The van der Waals surface area contributed by atoms with Crippen LogP contribution in [0, 0.1) is 0 Å². The average Bonchev–Trinajstić information content (AvgIpc) is 2.47. The van der Waals surface area contributed by atoms with Crippen LogP contribution < -0.4 is 15.4 Å². The van der Waals surface area contributed by atoms with Crippen molar-refractivity contribution in [1.82, 2.24) is 10.6 Å². The first kappa shape index (κ1) is 19.8. The van der Waals surface area contributed by atoms with Crippen molar-refractivity contribution in [3.05, 3.63) is 28.2 Å². The molecule has 0 heterocycles. The van der Waals surface area contributed by atoms with Crippen LogP contribution in [-0.2, 0) is 10.2 Å². The second-order valence-corrected chi connectivity index (χ2v) is 7.13. The van der Waals surface area contributed by atoms with Crippen LogP contribution in [0.4, 0.5) is 4.79 Å². The first-order valence-electron chi connectivity index (χ1n) is 7.78. The monoisotopic (exact) mass is 386 g/mol. The number of amides is 2. The van der Waals surface area contributed by atoms with E-state index in [-0.39, 0.29) is 11.4 Å². The SMILES string of the molecule is COCCNC(=O)NCCCOc1ccc(C(C)(C)C)cc1Br. The first-order chi connectivity index (χ1) is 10.8. The summed E-state index contributed by atoms with van der Waals surface area (Å²) in [5, 5.41) is 5.47. The molecule has 1 rings (SSSR count). The Kier molecular flexibility index (Phi) is 8.41. The number of benzene rings is 1. The highest BCUT2D eigenvalue weighted by Gasteiger charge is 2.15. The molecule has 5 nitrogen and oxygen atoms in total. The van der Waals surface area contributed by atoms with Crippen molar-refractivity contribution in [3.63, 3.8) is 0 Å². The summed E-state index contributed by atoms with van der Waals surface area (Å²) in [4.78, 5) is 11.4. The van der Waals surface area contributed by atoms with Gasteiger partial charge in [0.15, 0.2) is 0 Å². The van der Waals surface area contributed by atoms with Crippen molar-refractivity contribution in [3.8, 4) is 5.75 Å². The highest BCUT2D eigenvalue weighted by molar-refractivity contribution is 9.10. The van der Waals surface area contributed by atoms with Crippen molar-refractivity contribution < 1.29 is 14.3 Å². The minimum absolute atomic E-state index is 0.112. The van der Waals surface area contributed by atoms with Gasteiger partial charge in [0.05, 0.1) is 17.7 Å². The molecule has 0 aromatic heterocycles. The second kappa shape index (κ2) is 9.78. The van der Waals surface area contributed by atoms with Gasteiger partial charge in [0.1, 0.15) is 5.75 Å². The molecular formula is C17H27BrN2O3. The lowest BCUT2D eigenvalue weighted by Crippen LogP contribution is -2.38. The van der Waals surface area contributed by atoms with E-state index in [1.165, 1.54) is 5.56 Å². The number of hydrogen-bond donors (Lipinski definition) is 2. The number of urea groups is 1. The summed E-state index contributed by atoms with van der Waals surface area (Å²) in [6.07, 6.45) is 0.741. The average molecular weight is 387 g/mol. The van der Waals surface area contributed by atoms with Crippen LogP contribution >= 0.6 is 15.9 Å². The van der Waals surface area contributed by atoms with Gasteiger partial charge >= 0.3 is 6.03 Å². The minimum Gasteiger partial charge on any atom is -0.492 e. The molecular weight excluding hydrogens is 360 g/mol. The third-order valence-electron chi connectivity index (χ3n) is 3.25. The third-order valence-corrected chi connectivity index (χ3v) is 3.87. The fraction of sp³-hybridized carbons (Fsp3) is 0.588. The number of ether oxygens (including phenoxy) is 2. The van der Waals surface area contributed by atoms with Crippen LogP contribution in [-0.4, -0.2) is 39.4 Å². The van der Waals surface area contributed by atoms with Gasteiger partial charge in [-0.3, -0.25) is 0 Å². The highest BCUT2D eigenvalue weighted by Crippen LogP contribution is 2.31. The van der Waals surface area contributed by atoms with Gasteiger partial charge in [-0.15, -0.1) is 0 Å². The fourth-order valence-corrected chi connectivity index (χ4v) is 2.36. The van der Waals surface area contributed by atoms with Gasteiger partial charge in [-0.05, 0) is 45.5 Å². The van der Waals surface area contributed by atoms with Gasteiger partial charge in [0.25, 0.3) is 0 Å². The van der Waals surface area contributed by atoms with E-state index in [4.69, 9.17) is 9.47 Å². The Morgan fingerprint density at radius 1 is 1.17 bits per heavy atom. The van der Waals surface area contributed by atoms with E-state index in [0.717, 1.165) is 16.6 Å². The van der Waals surface area contributed by atoms with E-state index >= 15 is 0 Å². The topological polar surface area (TPSA) is 59.6 Å². The molecule has 23 heavy (non-hydrogen) atoms. The summed E-state index contributed by atoms with van der Waals surface area (Å²) < 4.78 is 11.6. The van der Waals surface area contributed by atoms with Gasteiger partial charge in [0, 0.05) is 20.2 Å². The maximum Gasteiger partial charge on any atom is 0.314 e. The summed E-state index contributed by atoms with van der Waals surface area (Å²) in [5.41, 5.74) is 1.37. The zero-order valence-corrected chi connectivity index (χ0v) is 16.0. The predicted molar refractivity (Wildman–Crippen MR) is 96.2 cm³/mol. The van der Waals surface area contributed by atoms with Gasteiger partial charge in [0.2, 0.25) is 0 Å². The molecule has 0 atom stereocenters. The van der Waals surface area contributed by atoms with Crippen LogP contribution in [0.5, 0.6) is 5.75 Å². The molecule has 2 N–H and O–H groups in total. The molecule has 0 saturated carbocycles. The van der Waals surface area contributed by atoms with Gasteiger partial charge < -0.3 is 20.1 Å². The number of rotatable bonds is 8. The van der Waals surface area contributed by atoms with Gasteiger partial charge in [-0.2, -0.15) is 0 Å². The molecule has 0 saturated heterocycles. The van der Waals surface area contributed by atoms with Crippen molar-refractivity contribution in [1.29, 1.82) is 0 Å². The van der Waals surface area contributed by atoms with Crippen LogP contribution in [0.3, 0.4) is 0 Å². The molecule has 0 aliphatic heterocycles. The summed E-state index contributed by atoms with van der Waals surface area (Å²) in [6.45, 7) is 8.67. The summed E-state index contributed by atoms with van der Waals surface area (Å²) in [7, 11) is 1.60. The molecule has 1 aromatic carbocycles. The standard InChI is InChI=1S/C17H27BrN2O3/c1-17(2,3)13-6-7-15(14(18)12-13)23-10-5-8-19-16(21)20-9-11-22-4/h6-7,12H,5,8-11H2,1-4H3,(H2,19,20,21). The normalized spacial score (nSPS) is 11.2. The fourth-order valence-electron chi connectivity index (χ4n) is 1.87. The lowest BCUT2D eigenvalue weighted by Gasteiger charge is -2.20. The van der Waals surface area contributed by atoms with E-state index in [9.17, 15) is 4.79 Å². The van der Waals surface area contributed by atoms with Crippen molar-refractivity contribution in [2.45, 2.75) is 32.6 Å². The van der Waals surface area contributed by atoms with Gasteiger partial charge in [-0.1, -0.05) is 26.8 Å². The number of methoxy groups -OCH3 is 1. The van der Waals surface area contributed by atoms with Crippen molar-refractivity contribution in [2.75, 3.05) is 33.4 Å². The Bertz CT molecular complexity index is 501. The van der Waals surface area contributed by atoms with Crippen LogP contribution in [0.1, 0.15) is 32.8 Å². The molecule has 0 fully saturated rings. The first-order valence-corrected chi connectivity index (χ1v) is 8.57. The molecule has 0 aliphatic rings.